The third-order valence-electron chi connectivity index (χ3n) is 5.69. The molecule has 2 aromatic rings. The van der Waals surface area contributed by atoms with Crippen LogP contribution in [-0.2, 0) is 11.8 Å². The number of rotatable bonds is 4. The van der Waals surface area contributed by atoms with Gasteiger partial charge in [-0.3, -0.25) is 4.79 Å². The summed E-state index contributed by atoms with van der Waals surface area (Å²) in [7, 11) is 1.88. The molecule has 2 fully saturated rings. The Kier molecular flexibility index (Phi) is 6.03. The molecular formula is C20H26ClN5O3. The van der Waals surface area contributed by atoms with E-state index >= 15 is 0 Å². The molecule has 4 rings (SSSR count). The Hall–Kier alpha value is -2.16. The number of aromatic nitrogens is 3. The Bertz CT molecular complexity index is 868. The van der Waals surface area contributed by atoms with Crippen LogP contribution in [0.4, 0.5) is 5.82 Å². The lowest BCUT2D eigenvalue weighted by atomic mass is 9.92. The molecule has 9 heteroatoms. The zero-order valence-electron chi connectivity index (χ0n) is 16.5. The normalized spacial score (nSPS) is 21.3. The topological polar surface area (TPSA) is 83.7 Å². The van der Waals surface area contributed by atoms with Gasteiger partial charge in [-0.15, -0.1) is 0 Å². The Balaban J connectivity index is 1.47. The third-order valence-corrected chi connectivity index (χ3v) is 5.97. The molecule has 0 aromatic carbocycles. The maximum Gasteiger partial charge on any atom is 0.255 e. The molecule has 2 aromatic heterocycles. The molecule has 2 aliphatic heterocycles. The Labute approximate surface area is 175 Å². The van der Waals surface area contributed by atoms with E-state index in [0.29, 0.717) is 55.1 Å². The summed E-state index contributed by atoms with van der Waals surface area (Å²) < 4.78 is 7.15. The predicted octanol–water partition coefficient (Wildman–Crippen LogP) is 1.89. The van der Waals surface area contributed by atoms with Crippen LogP contribution in [0.3, 0.4) is 0 Å². The van der Waals surface area contributed by atoms with Gasteiger partial charge in [-0.25, -0.2) is 9.97 Å². The van der Waals surface area contributed by atoms with Crippen LogP contribution in [0.25, 0.3) is 0 Å². The van der Waals surface area contributed by atoms with Crippen molar-refractivity contribution >= 4 is 23.3 Å². The van der Waals surface area contributed by atoms with E-state index in [1.165, 1.54) is 0 Å². The number of morpholine rings is 1. The summed E-state index contributed by atoms with van der Waals surface area (Å²) in [4.78, 5) is 25.3. The summed E-state index contributed by atoms with van der Waals surface area (Å²) in [5, 5.41) is 11.2. The molecule has 0 saturated carbocycles. The van der Waals surface area contributed by atoms with Crippen molar-refractivity contribution in [3.8, 4) is 0 Å². The van der Waals surface area contributed by atoms with Gasteiger partial charge in [0.25, 0.3) is 5.91 Å². The Morgan fingerprint density at radius 3 is 2.79 bits per heavy atom. The number of anilines is 1. The minimum absolute atomic E-state index is 0.0392. The molecular weight excluding hydrogens is 394 g/mol. The second kappa shape index (κ2) is 8.69. The van der Waals surface area contributed by atoms with Crippen LogP contribution in [0.1, 0.15) is 35.1 Å². The first-order chi connectivity index (χ1) is 14.0. The lowest BCUT2D eigenvalue weighted by Crippen LogP contribution is -2.41. The molecule has 156 valence electrons. The Morgan fingerprint density at radius 1 is 1.31 bits per heavy atom. The second-order valence-corrected chi connectivity index (χ2v) is 8.03. The summed E-state index contributed by atoms with van der Waals surface area (Å²) in [5.74, 6) is 1.29. The molecule has 2 atom stereocenters. The van der Waals surface area contributed by atoms with Crippen LogP contribution in [0.2, 0.25) is 5.02 Å². The van der Waals surface area contributed by atoms with Crippen LogP contribution in [0.15, 0.2) is 24.7 Å². The molecule has 0 aliphatic carbocycles. The van der Waals surface area contributed by atoms with Crippen LogP contribution < -0.4 is 4.90 Å². The van der Waals surface area contributed by atoms with Gasteiger partial charge in [0.2, 0.25) is 0 Å². The zero-order valence-corrected chi connectivity index (χ0v) is 17.3. The molecule has 2 aliphatic rings. The first kappa shape index (κ1) is 20.1. The lowest BCUT2D eigenvalue weighted by molar-refractivity contribution is 0.0302. The van der Waals surface area contributed by atoms with E-state index in [-0.39, 0.29) is 11.8 Å². The zero-order chi connectivity index (χ0) is 20.4. The van der Waals surface area contributed by atoms with Gasteiger partial charge in [0.1, 0.15) is 17.7 Å². The van der Waals surface area contributed by atoms with Gasteiger partial charge in [-0.2, -0.15) is 0 Å². The standard InChI is InChI=1S/C20H26ClN5O3/c1-24-6-4-22-19(24)17(27)14-3-2-5-26(13-14)18-16(21)11-15(12-23-18)20(28)25-7-9-29-10-8-25/h4,6,11-12,14,17,27H,2-3,5,7-10,13H2,1H3. The fraction of sp³-hybridized carbons (Fsp3) is 0.550. The van der Waals surface area contributed by atoms with Crippen molar-refractivity contribution in [3.05, 3.63) is 41.1 Å². The number of hydrogen-bond donors (Lipinski definition) is 1. The fourth-order valence-electron chi connectivity index (χ4n) is 4.06. The van der Waals surface area contributed by atoms with Gasteiger partial charge in [0.05, 0.1) is 23.8 Å². The summed E-state index contributed by atoms with van der Waals surface area (Å²) in [5.41, 5.74) is 0.488. The quantitative estimate of drug-likeness (QED) is 0.814. The molecule has 0 bridgehead atoms. The number of hydrogen-bond acceptors (Lipinski definition) is 6. The highest BCUT2D eigenvalue weighted by Crippen LogP contribution is 2.33. The molecule has 8 nitrogen and oxygen atoms in total. The van der Waals surface area contributed by atoms with Crippen molar-refractivity contribution in [2.24, 2.45) is 13.0 Å². The number of aliphatic hydroxyl groups excluding tert-OH is 1. The lowest BCUT2D eigenvalue weighted by Gasteiger charge is -2.36. The SMILES string of the molecule is Cn1ccnc1C(O)C1CCCN(c2ncc(C(=O)N3CCOCC3)cc2Cl)C1. The molecule has 0 radical (unpaired) electrons. The smallest absolute Gasteiger partial charge is 0.255 e. The summed E-state index contributed by atoms with van der Waals surface area (Å²) in [6, 6.07) is 1.69. The first-order valence-corrected chi connectivity index (χ1v) is 10.3. The fourth-order valence-corrected chi connectivity index (χ4v) is 4.35. The number of aryl methyl sites for hydroxylation is 1. The monoisotopic (exact) mass is 419 g/mol. The molecule has 0 spiro atoms. The number of imidazole rings is 1. The minimum Gasteiger partial charge on any atom is -0.385 e. The molecule has 1 N–H and O–H groups in total. The number of nitrogens with zero attached hydrogens (tertiary/aromatic N) is 5. The van der Waals surface area contributed by atoms with Gasteiger partial charge in [0.15, 0.2) is 0 Å². The van der Waals surface area contributed by atoms with Gasteiger partial charge < -0.3 is 24.2 Å². The highest BCUT2D eigenvalue weighted by atomic mass is 35.5. The molecule has 29 heavy (non-hydrogen) atoms. The van der Waals surface area contributed by atoms with Crippen molar-refractivity contribution in [2.75, 3.05) is 44.3 Å². The van der Waals surface area contributed by atoms with Gasteiger partial charge in [0, 0.05) is 57.7 Å². The molecule has 1 amide bonds. The van der Waals surface area contributed by atoms with Crippen LogP contribution in [0.5, 0.6) is 0 Å². The average Bonchev–Trinajstić information content (AvgIpc) is 3.19. The second-order valence-electron chi connectivity index (χ2n) is 7.62. The third kappa shape index (κ3) is 4.24. The minimum atomic E-state index is -0.640. The van der Waals surface area contributed by atoms with Gasteiger partial charge in [-0.05, 0) is 18.9 Å². The molecule has 2 unspecified atom stereocenters. The number of ether oxygens (including phenoxy) is 1. The van der Waals surface area contributed by atoms with Crippen molar-refractivity contribution in [1.29, 1.82) is 0 Å². The highest BCUT2D eigenvalue weighted by molar-refractivity contribution is 6.33. The number of halogens is 1. The number of piperidine rings is 1. The van der Waals surface area contributed by atoms with Crippen molar-refractivity contribution in [2.45, 2.75) is 18.9 Å². The Morgan fingerprint density at radius 2 is 2.10 bits per heavy atom. The number of carbonyl (C=O) groups excluding carboxylic acids is 1. The number of carbonyl (C=O) groups is 1. The van der Waals surface area contributed by atoms with Gasteiger partial charge >= 0.3 is 0 Å². The summed E-state index contributed by atoms with van der Waals surface area (Å²) in [6.07, 6.45) is 6.33. The number of amides is 1. The van der Waals surface area contributed by atoms with Crippen molar-refractivity contribution in [3.63, 3.8) is 0 Å². The molecule has 4 heterocycles. The average molecular weight is 420 g/mol. The maximum absolute atomic E-state index is 12.7. The van der Waals surface area contributed by atoms with E-state index < -0.39 is 6.10 Å². The predicted molar refractivity (Wildman–Crippen MR) is 109 cm³/mol. The van der Waals surface area contributed by atoms with E-state index in [4.69, 9.17) is 16.3 Å². The van der Waals surface area contributed by atoms with E-state index in [9.17, 15) is 9.90 Å². The van der Waals surface area contributed by atoms with E-state index in [1.807, 2.05) is 17.8 Å². The van der Waals surface area contributed by atoms with Crippen LogP contribution in [-0.4, -0.2) is 69.8 Å². The van der Waals surface area contributed by atoms with Gasteiger partial charge in [-0.1, -0.05) is 11.6 Å². The molecule has 2 saturated heterocycles. The maximum atomic E-state index is 12.7. The van der Waals surface area contributed by atoms with E-state index in [0.717, 1.165) is 19.4 Å². The van der Waals surface area contributed by atoms with E-state index in [1.54, 1.807) is 23.4 Å². The largest absolute Gasteiger partial charge is 0.385 e. The number of aliphatic hydroxyl groups is 1. The summed E-state index contributed by atoms with van der Waals surface area (Å²) >= 11 is 6.52. The number of pyridine rings is 1. The highest BCUT2D eigenvalue weighted by Gasteiger charge is 2.31. The van der Waals surface area contributed by atoms with Crippen LogP contribution in [0, 0.1) is 5.92 Å². The van der Waals surface area contributed by atoms with Crippen molar-refractivity contribution < 1.29 is 14.6 Å². The van der Waals surface area contributed by atoms with E-state index in [2.05, 4.69) is 14.9 Å². The first-order valence-electron chi connectivity index (χ1n) is 9.97. The van der Waals surface area contributed by atoms with Crippen molar-refractivity contribution in [1.82, 2.24) is 19.4 Å². The summed E-state index contributed by atoms with van der Waals surface area (Å²) in [6.45, 7) is 3.72. The van der Waals surface area contributed by atoms with Crippen LogP contribution >= 0.6 is 11.6 Å².